The van der Waals surface area contributed by atoms with Crippen molar-refractivity contribution in [3.63, 3.8) is 0 Å². The van der Waals surface area contributed by atoms with Crippen LogP contribution in [0.2, 0.25) is 0 Å². The van der Waals surface area contributed by atoms with Gasteiger partial charge in [-0.2, -0.15) is 0 Å². The summed E-state index contributed by atoms with van der Waals surface area (Å²) in [5.74, 6) is -6.14. The summed E-state index contributed by atoms with van der Waals surface area (Å²) in [6.45, 7) is 19.8. The second-order valence-electron chi connectivity index (χ2n) is 24.4. The molecule has 21 heteroatoms. The molecule has 432 valence electrons. The van der Waals surface area contributed by atoms with Crippen molar-refractivity contribution < 1.29 is 86.1 Å². The topological polar surface area (TPSA) is 267 Å². The van der Waals surface area contributed by atoms with E-state index in [1.165, 1.54) is 24.3 Å². The quantitative estimate of drug-likeness (QED) is 0.0921. The number of benzene rings is 3. The van der Waals surface area contributed by atoms with Gasteiger partial charge in [0.2, 0.25) is 12.2 Å². The van der Waals surface area contributed by atoms with Crippen LogP contribution < -0.4 is 15.4 Å². The van der Waals surface area contributed by atoms with Crippen molar-refractivity contribution in [2.24, 2.45) is 0 Å². The predicted octanol–water partition coefficient (Wildman–Crippen LogP) is 7.58. The third kappa shape index (κ3) is 13.7. The number of hydrogen-bond acceptors (Lipinski definition) is 19. The zero-order valence-corrected chi connectivity index (χ0v) is 47.5. The minimum atomic E-state index is -1.70. The molecule has 1 fully saturated rings. The molecule has 2 bridgehead atoms. The second-order valence-corrected chi connectivity index (χ2v) is 24.4. The van der Waals surface area contributed by atoms with Crippen molar-refractivity contribution in [3.8, 4) is 11.5 Å². The molecular weight excluding hydrogens is 1040 g/mol. The van der Waals surface area contributed by atoms with Crippen molar-refractivity contribution in [2.75, 3.05) is 13.6 Å². The summed E-state index contributed by atoms with van der Waals surface area (Å²) in [4.78, 5) is 114. The van der Waals surface area contributed by atoms with Crippen molar-refractivity contribution in [2.45, 2.75) is 185 Å². The number of carbonyl (C=O) groups excluding carboxylic acids is 8. The molecule has 2 aliphatic heterocycles. The number of carbonyl (C=O) groups is 8. The van der Waals surface area contributed by atoms with Gasteiger partial charge in [0, 0.05) is 23.1 Å². The Morgan fingerprint density at radius 3 is 1.57 bits per heavy atom. The van der Waals surface area contributed by atoms with Gasteiger partial charge in [0.1, 0.15) is 45.8 Å². The van der Waals surface area contributed by atoms with Gasteiger partial charge in [0.25, 0.3) is 11.8 Å². The zero-order chi connectivity index (χ0) is 58.9. The van der Waals surface area contributed by atoms with E-state index in [0.29, 0.717) is 18.5 Å². The Kier molecular flexibility index (Phi) is 17.1. The number of phenols is 1. The fraction of sp³-hybridized carbons (Fsp3) is 0.525. The van der Waals surface area contributed by atoms with E-state index >= 15 is 0 Å². The Balaban J connectivity index is 1.21. The van der Waals surface area contributed by atoms with E-state index in [-0.39, 0.29) is 41.2 Å². The minimum Gasteiger partial charge on any atom is -0.504 e. The number of amides is 2. The lowest BCUT2D eigenvalue weighted by Crippen LogP contribution is -2.75. The van der Waals surface area contributed by atoms with Crippen LogP contribution in [0, 0.1) is 0 Å². The number of nitrogens with zero attached hydrogens (tertiary/aromatic N) is 1. The molecule has 4 aliphatic rings. The highest BCUT2D eigenvalue weighted by atomic mass is 16.7. The summed E-state index contributed by atoms with van der Waals surface area (Å²) in [5, 5.41) is 16.6. The van der Waals surface area contributed by atoms with Crippen LogP contribution in [0.3, 0.4) is 0 Å². The Morgan fingerprint density at radius 1 is 0.650 bits per heavy atom. The van der Waals surface area contributed by atoms with Gasteiger partial charge in [-0.1, -0.05) is 66.7 Å². The third-order valence-corrected chi connectivity index (χ3v) is 13.5. The smallest absolute Gasteiger partial charge is 0.504 e. The summed E-state index contributed by atoms with van der Waals surface area (Å²) in [6.07, 6.45) is -6.48. The maximum Gasteiger partial charge on any atom is 0.509 e. The maximum absolute atomic E-state index is 14.9. The van der Waals surface area contributed by atoms with Crippen molar-refractivity contribution in [1.29, 1.82) is 0 Å². The number of hydrogen-bond donors (Lipinski definition) is 3. The number of aromatic hydroxyl groups is 1. The SMILES string of the molecule is CN1CC[C@]23c4c5ccc(O)c4O[C@H]2C(OC(=O)C[C@H](NC(=O)[C@@H](OC(=O)OC(C)(C)C)c2ccccc2)C(=O)OC(C)(C)C)=CC[C@@]3(OC(=O)C[C@H](NC(=O)[C@@H](OC(=O)OC(C)(C)C)c2ccccc2)C(=O)OC(C)(C)C)[C@H]1C5. The first-order chi connectivity index (χ1) is 37.2. The van der Waals surface area contributed by atoms with Gasteiger partial charge in [-0.3, -0.25) is 24.1 Å². The molecule has 3 aromatic rings. The summed E-state index contributed by atoms with van der Waals surface area (Å²) >= 11 is 0. The summed E-state index contributed by atoms with van der Waals surface area (Å²) < 4.78 is 52.7. The number of likely N-dealkylation sites (tertiary alicyclic amines) is 1. The van der Waals surface area contributed by atoms with Crippen LogP contribution in [-0.2, 0) is 78.5 Å². The average Bonchev–Trinajstić information content (AvgIpc) is 3.90. The fourth-order valence-corrected chi connectivity index (χ4v) is 10.5. The number of rotatable bonds is 16. The summed E-state index contributed by atoms with van der Waals surface area (Å²) in [7, 11) is 1.87. The number of ether oxygens (including phenoxy) is 9. The van der Waals surface area contributed by atoms with Crippen LogP contribution in [0.15, 0.2) is 84.6 Å². The van der Waals surface area contributed by atoms with Crippen LogP contribution in [0.4, 0.5) is 9.59 Å². The zero-order valence-electron chi connectivity index (χ0n) is 47.5. The van der Waals surface area contributed by atoms with Gasteiger partial charge < -0.3 is 58.4 Å². The molecule has 2 heterocycles. The highest BCUT2D eigenvalue weighted by Gasteiger charge is 2.74. The molecule has 3 N–H and O–H groups in total. The number of piperidine rings is 1. The normalized spacial score (nSPS) is 21.7. The molecule has 21 nitrogen and oxygen atoms in total. The molecule has 7 rings (SSSR count). The van der Waals surface area contributed by atoms with E-state index in [1.807, 2.05) is 11.9 Å². The molecule has 0 aromatic heterocycles. The Hall–Kier alpha value is -7.68. The molecule has 1 spiro atoms. The molecule has 0 unspecified atom stereocenters. The largest absolute Gasteiger partial charge is 0.509 e. The molecule has 2 aliphatic carbocycles. The number of nitrogens with one attached hydrogen (secondary N) is 2. The van der Waals surface area contributed by atoms with Crippen LogP contribution >= 0.6 is 0 Å². The number of phenolic OH excluding ortho intramolecular Hbond substituents is 1. The van der Waals surface area contributed by atoms with Gasteiger partial charge in [-0.25, -0.2) is 19.2 Å². The second kappa shape index (κ2) is 22.8. The first-order valence-corrected chi connectivity index (χ1v) is 26.5. The number of esters is 4. The van der Waals surface area contributed by atoms with E-state index in [1.54, 1.807) is 138 Å². The molecule has 0 radical (unpaired) electrons. The average molecular weight is 1110 g/mol. The molecule has 0 saturated carbocycles. The molecule has 8 atom stereocenters. The fourth-order valence-electron chi connectivity index (χ4n) is 10.5. The van der Waals surface area contributed by atoms with E-state index in [0.717, 1.165) is 5.56 Å². The van der Waals surface area contributed by atoms with E-state index in [9.17, 15) is 43.5 Å². The first kappa shape index (κ1) is 60.0. The highest BCUT2D eigenvalue weighted by molar-refractivity contribution is 5.92. The van der Waals surface area contributed by atoms with Crippen LogP contribution in [0.25, 0.3) is 0 Å². The standard InChI is InChI=1S/C59H73N3O18/c1-54(2,3)77-50(68)36(60-48(66)44(33-20-16-14-17-21-33)74-52(70)79-56(7,8)9)31-41(64)72-39-26-27-59(40-30-35-24-25-38(63)46-43(35)58(59,47(39)73-46)28-29-62(40)13)76-42(65)32-37(51(69)78-55(4,5)6)61-49(67)45(34-22-18-15-19-23-34)75-53(71)80-57(10,11)12/h14-26,36-37,40,44-45,47,63H,27-32H2,1-13H3,(H,60,66)(H,61,67)/t36-,37-,40+,44-,45-,47-,58-,59+/m0/s1. The molecule has 2 amide bonds. The molecular formula is C59H73N3O18. The Labute approximate surface area is 465 Å². The summed E-state index contributed by atoms with van der Waals surface area (Å²) in [5.41, 5.74) is -5.30. The first-order valence-electron chi connectivity index (χ1n) is 26.5. The Bertz CT molecular complexity index is 2900. The van der Waals surface area contributed by atoms with Crippen LogP contribution in [-0.4, -0.2) is 124 Å². The molecule has 80 heavy (non-hydrogen) atoms. The van der Waals surface area contributed by atoms with Crippen molar-refractivity contribution >= 4 is 48.0 Å². The van der Waals surface area contributed by atoms with Crippen molar-refractivity contribution in [1.82, 2.24) is 15.5 Å². The maximum atomic E-state index is 14.9. The monoisotopic (exact) mass is 1110 g/mol. The lowest BCUT2D eigenvalue weighted by molar-refractivity contribution is -0.207. The van der Waals surface area contributed by atoms with E-state index in [4.69, 9.17) is 42.6 Å². The number of likely N-dealkylation sites (N-methyl/N-ethyl adjacent to an activating group) is 1. The Morgan fingerprint density at radius 2 is 1.11 bits per heavy atom. The third-order valence-electron chi connectivity index (χ3n) is 13.5. The molecule has 1 saturated heterocycles. The lowest BCUT2D eigenvalue weighted by Gasteiger charge is -2.62. The van der Waals surface area contributed by atoms with E-state index < -0.39 is 131 Å². The van der Waals surface area contributed by atoms with Gasteiger partial charge in [-0.15, -0.1) is 0 Å². The predicted molar refractivity (Wildman–Crippen MR) is 284 cm³/mol. The van der Waals surface area contributed by atoms with Crippen LogP contribution in [0.5, 0.6) is 11.5 Å². The van der Waals surface area contributed by atoms with Gasteiger partial charge in [0.05, 0.1) is 24.3 Å². The van der Waals surface area contributed by atoms with Gasteiger partial charge >= 0.3 is 36.2 Å². The molecule has 3 aromatic carbocycles. The van der Waals surface area contributed by atoms with Gasteiger partial charge in [0.15, 0.2) is 17.6 Å². The van der Waals surface area contributed by atoms with E-state index in [2.05, 4.69) is 10.6 Å². The highest BCUT2D eigenvalue weighted by Crippen LogP contribution is 2.66. The van der Waals surface area contributed by atoms with Gasteiger partial charge in [-0.05, 0) is 127 Å². The minimum absolute atomic E-state index is 0.0473. The van der Waals surface area contributed by atoms with Crippen LogP contribution in [0.1, 0.15) is 143 Å². The summed E-state index contributed by atoms with van der Waals surface area (Å²) in [6, 6.07) is 15.3. The van der Waals surface area contributed by atoms with Crippen molar-refractivity contribution in [3.05, 3.63) is 107 Å². The lowest BCUT2D eigenvalue weighted by atomic mass is 9.50.